The van der Waals surface area contributed by atoms with E-state index in [1.165, 1.54) is 11.1 Å². The molecular formula is C22H21N3O. The fourth-order valence-corrected chi connectivity index (χ4v) is 3.65. The first kappa shape index (κ1) is 16.4. The van der Waals surface area contributed by atoms with Gasteiger partial charge in [0, 0.05) is 19.2 Å². The highest BCUT2D eigenvalue weighted by Gasteiger charge is 2.42. The van der Waals surface area contributed by atoms with Gasteiger partial charge in [0.1, 0.15) is 6.02 Å². The lowest BCUT2D eigenvalue weighted by molar-refractivity contribution is -0.871. The van der Waals surface area contributed by atoms with Crippen LogP contribution in [0.2, 0.25) is 0 Å². The molecule has 0 aliphatic carbocycles. The van der Waals surface area contributed by atoms with Gasteiger partial charge in [-0.1, -0.05) is 84.0 Å². The second kappa shape index (κ2) is 7.02. The van der Waals surface area contributed by atoms with Crippen molar-refractivity contribution >= 4 is 11.7 Å². The molecule has 4 rings (SSSR count). The lowest BCUT2D eigenvalue weighted by Crippen LogP contribution is -3.07. The molecule has 4 nitrogen and oxygen atoms in total. The van der Waals surface area contributed by atoms with Crippen LogP contribution in [0.3, 0.4) is 0 Å². The number of likely N-dealkylation sites (N-methyl/N-ethyl adjacent to an activating group) is 1. The Labute approximate surface area is 153 Å². The zero-order valence-electron chi connectivity index (χ0n) is 14.6. The Morgan fingerprint density at radius 2 is 1.27 bits per heavy atom. The number of hydrogen-bond acceptors (Lipinski definition) is 3. The van der Waals surface area contributed by atoms with Crippen molar-refractivity contribution in [3.05, 3.63) is 102 Å². The summed E-state index contributed by atoms with van der Waals surface area (Å²) < 4.78 is 0. The maximum atomic E-state index is 12.5. The topological polar surface area (TPSA) is 43.1 Å². The van der Waals surface area contributed by atoms with Gasteiger partial charge in [-0.3, -0.25) is 0 Å². The van der Waals surface area contributed by atoms with E-state index in [1.54, 1.807) is 4.90 Å². The van der Waals surface area contributed by atoms with Crippen molar-refractivity contribution in [2.45, 2.75) is 12.1 Å². The summed E-state index contributed by atoms with van der Waals surface area (Å²) in [7, 11) is 1.84. The number of hydrogen-bond donors (Lipinski definition) is 1. The molecule has 0 saturated carbocycles. The van der Waals surface area contributed by atoms with E-state index in [2.05, 4.69) is 29.4 Å². The van der Waals surface area contributed by atoms with Crippen LogP contribution < -0.4 is 10.1 Å². The smallest absolute Gasteiger partial charge is 0.203 e. The second-order valence-corrected chi connectivity index (χ2v) is 6.50. The lowest BCUT2D eigenvalue weighted by atomic mass is 9.87. The quantitative estimate of drug-likeness (QED) is 0.787. The standard InChI is InChI=1S/C22H21N3O/c1-24-21(25(23-22(24)26)19-15-9-4-10-16-19)20(17-11-5-2-6-12-17)18-13-7-3-8-14-18/h2-16,20-21H,1H3,(H,23,26). The monoisotopic (exact) mass is 343 g/mol. The van der Waals surface area contributed by atoms with E-state index in [9.17, 15) is 5.11 Å². The van der Waals surface area contributed by atoms with Gasteiger partial charge in [-0.25, -0.2) is 0 Å². The van der Waals surface area contributed by atoms with Gasteiger partial charge >= 0.3 is 0 Å². The van der Waals surface area contributed by atoms with Gasteiger partial charge in [-0.2, -0.15) is 5.01 Å². The molecule has 0 radical (unpaired) electrons. The summed E-state index contributed by atoms with van der Waals surface area (Å²) in [5.74, 6) is 0.0211. The molecule has 1 N–H and O–H groups in total. The van der Waals surface area contributed by atoms with Gasteiger partial charge in [-0.15, -0.1) is 0 Å². The van der Waals surface area contributed by atoms with E-state index < -0.39 is 0 Å². The highest BCUT2D eigenvalue weighted by atomic mass is 16.3. The third kappa shape index (κ3) is 2.95. The Bertz CT molecular complexity index is 842. The van der Waals surface area contributed by atoms with Crippen molar-refractivity contribution in [1.82, 2.24) is 4.90 Å². The Balaban J connectivity index is 1.84. The molecule has 2 unspecified atom stereocenters. The summed E-state index contributed by atoms with van der Waals surface area (Å²) in [6.45, 7) is 0. The third-order valence-electron chi connectivity index (χ3n) is 4.92. The summed E-state index contributed by atoms with van der Waals surface area (Å²) >= 11 is 0. The molecule has 0 saturated heterocycles. The van der Waals surface area contributed by atoms with Crippen LogP contribution in [0.25, 0.3) is 0 Å². The molecule has 3 aromatic carbocycles. The molecule has 0 bridgehead atoms. The van der Waals surface area contributed by atoms with Crippen LogP contribution in [-0.2, 0) is 0 Å². The molecule has 2 atom stereocenters. The van der Waals surface area contributed by atoms with Crippen molar-refractivity contribution in [2.24, 2.45) is 5.10 Å². The van der Waals surface area contributed by atoms with Crippen LogP contribution in [0.15, 0.2) is 96.1 Å². The molecule has 1 heterocycles. The Morgan fingerprint density at radius 3 is 1.77 bits per heavy atom. The molecule has 3 aromatic rings. The Hall–Kier alpha value is -3.11. The van der Waals surface area contributed by atoms with Gasteiger partial charge in [0.25, 0.3) is 0 Å². The molecule has 26 heavy (non-hydrogen) atoms. The van der Waals surface area contributed by atoms with Gasteiger partial charge in [0.2, 0.25) is 6.17 Å². The van der Waals surface area contributed by atoms with E-state index >= 15 is 0 Å². The first-order valence-corrected chi connectivity index (χ1v) is 8.76. The highest BCUT2D eigenvalue weighted by Crippen LogP contribution is 2.30. The van der Waals surface area contributed by atoms with Crippen LogP contribution in [0, 0.1) is 0 Å². The normalized spacial score (nSPS) is 19.6. The summed E-state index contributed by atoms with van der Waals surface area (Å²) in [6, 6.07) is 30.5. The lowest BCUT2D eigenvalue weighted by Gasteiger charge is -2.32. The third-order valence-corrected chi connectivity index (χ3v) is 4.92. The number of nitrogens with zero attached hydrogens (tertiary/aromatic N) is 2. The van der Waals surface area contributed by atoms with Crippen LogP contribution in [0.4, 0.5) is 5.69 Å². The van der Waals surface area contributed by atoms with Gasteiger partial charge < -0.3 is 10.0 Å². The van der Waals surface area contributed by atoms with E-state index in [1.807, 2.05) is 73.8 Å². The number of rotatable bonds is 4. The Kier molecular flexibility index (Phi) is 4.42. The van der Waals surface area contributed by atoms with Crippen molar-refractivity contribution in [2.75, 3.05) is 7.05 Å². The molecule has 1 aliphatic rings. The zero-order chi connectivity index (χ0) is 17.9. The van der Waals surface area contributed by atoms with Crippen LogP contribution >= 0.6 is 0 Å². The molecule has 1 aliphatic heterocycles. The van der Waals surface area contributed by atoms with Crippen LogP contribution in [-0.4, -0.2) is 24.1 Å². The molecule has 130 valence electrons. The SMILES string of the molecule is CN1C([O-])=N[NH+](c2ccccc2)C1C(c1ccccc1)c1ccccc1. The summed E-state index contributed by atoms with van der Waals surface area (Å²) in [5, 5.41) is 17.7. The van der Waals surface area contributed by atoms with Gasteiger partial charge in [0.05, 0.1) is 5.92 Å². The molecule has 0 spiro atoms. The highest BCUT2D eigenvalue weighted by molar-refractivity contribution is 5.69. The number of amidine groups is 1. The maximum Gasteiger partial charge on any atom is 0.203 e. The average Bonchev–Trinajstić information content (AvgIpc) is 3.00. The molecule has 0 amide bonds. The first-order valence-electron chi connectivity index (χ1n) is 8.76. The van der Waals surface area contributed by atoms with Crippen molar-refractivity contribution in [1.29, 1.82) is 0 Å². The fraction of sp³-hybridized carbons (Fsp3) is 0.136. The first-order chi connectivity index (χ1) is 12.8. The largest absolute Gasteiger partial charge is 0.842 e. The molecular weight excluding hydrogens is 322 g/mol. The average molecular weight is 343 g/mol. The Morgan fingerprint density at radius 1 is 0.808 bits per heavy atom. The van der Waals surface area contributed by atoms with Crippen LogP contribution in [0.5, 0.6) is 0 Å². The second-order valence-electron chi connectivity index (χ2n) is 6.50. The number of benzene rings is 3. The van der Waals surface area contributed by atoms with E-state index in [0.29, 0.717) is 0 Å². The van der Waals surface area contributed by atoms with E-state index in [4.69, 9.17) is 0 Å². The number of para-hydroxylation sites is 1. The number of nitrogens with one attached hydrogen (secondary N) is 1. The predicted octanol–water partition coefficient (Wildman–Crippen LogP) is 1.94. The van der Waals surface area contributed by atoms with Crippen molar-refractivity contribution in [3.63, 3.8) is 0 Å². The summed E-state index contributed by atoms with van der Waals surface area (Å²) in [4.78, 5) is 1.76. The summed E-state index contributed by atoms with van der Waals surface area (Å²) in [5.41, 5.74) is 3.34. The maximum absolute atomic E-state index is 12.5. The van der Waals surface area contributed by atoms with E-state index in [-0.39, 0.29) is 18.1 Å². The van der Waals surface area contributed by atoms with Crippen molar-refractivity contribution in [3.8, 4) is 0 Å². The number of quaternary nitrogens is 1. The van der Waals surface area contributed by atoms with Crippen molar-refractivity contribution < 1.29 is 10.1 Å². The molecule has 0 aromatic heterocycles. The fourth-order valence-electron chi connectivity index (χ4n) is 3.65. The minimum atomic E-state index is -0.189. The zero-order valence-corrected chi connectivity index (χ0v) is 14.6. The molecule has 0 fully saturated rings. The van der Waals surface area contributed by atoms with Crippen LogP contribution in [0.1, 0.15) is 17.0 Å². The molecule has 4 heteroatoms. The van der Waals surface area contributed by atoms with Gasteiger partial charge in [0.15, 0.2) is 5.69 Å². The minimum Gasteiger partial charge on any atom is -0.842 e. The minimum absolute atomic E-state index is 0.0211. The van der Waals surface area contributed by atoms with E-state index in [0.717, 1.165) is 10.7 Å². The predicted molar refractivity (Wildman–Crippen MR) is 101 cm³/mol. The summed E-state index contributed by atoms with van der Waals surface area (Å²) in [6.07, 6.45) is -0.144. The van der Waals surface area contributed by atoms with Gasteiger partial charge in [-0.05, 0) is 11.1 Å².